The average molecular weight is 510 g/mol. The van der Waals surface area contributed by atoms with Crippen LogP contribution in [0, 0.1) is 11.6 Å². The second-order valence-corrected chi connectivity index (χ2v) is 9.76. The predicted molar refractivity (Wildman–Crippen MR) is 120 cm³/mol. The molecule has 1 aromatic heterocycles. The molecule has 3 aromatic rings. The van der Waals surface area contributed by atoms with E-state index < -0.39 is 49.3 Å². The number of nitrogens with two attached hydrogens (primary N) is 1. The SMILES string of the molecule is CC1=C(CC(=O)Nc2cc3cn[nH]c3cc2F)C(c2cc(S(N)(=O)=O)c(Cl)cc2F)CC(=O)N1. The summed E-state index contributed by atoms with van der Waals surface area (Å²) < 4.78 is 53.0. The molecule has 0 fully saturated rings. The maximum absolute atomic E-state index is 14.9. The van der Waals surface area contributed by atoms with Gasteiger partial charge in [-0.3, -0.25) is 14.7 Å². The summed E-state index contributed by atoms with van der Waals surface area (Å²) in [5.41, 5.74) is 0.837. The lowest BCUT2D eigenvalue weighted by Crippen LogP contribution is -2.33. The van der Waals surface area contributed by atoms with Crippen molar-refractivity contribution < 1.29 is 26.8 Å². The Labute approximate surface area is 197 Å². The number of carbonyl (C=O) groups is 2. The maximum atomic E-state index is 14.9. The van der Waals surface area contributed by atoms with Gasteiger partial charge in [-0.1, -0.05) is 11.6 Å². The maximum Gasteiger partial charge on any atom is 0.239 e. The molecule has 2 amide bonds. The van der Waals surface area contributed by atoms with Crippen molar-refractivity contribution >= 4 is 50.0 Å². The molecule has 2 heterocycles. The van der Waals surface area contributed by atoms with Crippen LogP contribution in [0.25, 0.3) is 10.9 Å². The number of fused-ring (bicyclic) bond motifs is 1. The summed E-state index contributed by atoms with van der Waals surface area (Å²) in [5, 5.41) is 16.8. The standard InChI is InChI=1S/C21H18ClF2N5O4S/c1-9-11(4-21(31)28-18-2-10-8-26-29-17(10)7-16(18)24)12(5-20(30)27-9)13-3-19(34(25,32)33)14(22)6-15(13)23/h2-3,6-8,12H,4-5H2,1H3,(H,26,29)(H,27,30)(H,28,31)(H2,25,32,33). The molecular formula is C21H18ClF2N5O4S. The number of allylic oxidation sites excluding steroid dienone is 1. The lowest BCUT2D eigenvalue weighted by Gasteiger charge is -2.28. The molecule has 9 nitrogen and oxygen atoms in total. The van der Waals surface area contributed by atoms with E-state index in [0.717, 1.165) is 12.1 Å². The van der Waals surface area contributed by atoms with Crippen LogP contribution >= 0.6 is 11.6 Å². The first-order valence-corrected chi connectivity index (χ1v) is 11.8. The molecule has 0 spiro atoms. The van der Waals surface area contributed by atoms with Crippen molar-refractivity contribution in [1.82, 2.24) is 15.5 Å². The minimum Gasteiger partial charge on any atom is -0.330 e. The van der Waals surface area contributed by atoms with E-state index in [1.807, 2.05) is 0 Å². The molecule has 1 unspecified atom stereocenters. The van der Waals surface area contributed by atoms with E-state index in [0.29, 0.717) is 22.2 Å². The van der Waals surface area contributed by atoms with Gasteiger partial charge in [0.25, 0.3) is 0 Å². The molecular weight excluding hydrogens is 492 g/mol. The number of nitrogens with zero attached hydrogens (tertiary/aromatic N) is 1. The smallest absolute Gasteiger partial charge is 0.239 e. The molecule has 13 heteroatoms. The number of nitrogens with one attached hydrogen (secondary N) is 3. The number of halogens is 3. The fourth-order valence-corrected chi connectivity index (χ4v) is 5.02. The number of benzene rings is 2. The predicted octanol–water partition coefficient (Wildman–Crippen LogP) is 3.05. The first kappa shape index (κ1) is 23.8. The summed E-state index contributed by atoms with van der Waals surface area (Å²) in [6, 6.07) is 4.36. The number of rotatable bonds is 5. The summed E-state index contributed by atoms with van der Waals surface area (Å²) in [4.78, 5) is 24.5. The topological polar surface area (TPSA) is 147 Å². The van der Waals surface area contributed by atoms with Crippen molar-refractivity contribution in [2.75, 3.05) is 5.32 Å². The number of primary sulfonamides is 1. The number of H-pyrrole nitrogens is 1. The Hall–Kier alpha value is -3.35. The van der Waals surface area contributed by atoms with Crippen molar-refractivity contribution in [3.63, 3.8) is 0 Å². The van der Waals surface area contributed by atoms with E-state index in [1.165, 1.54) is 25.3 Å². The molecule has 2 aromatic carbocycles. The minimum absolute atomic E-state index is 0.0808. The monoisotopic (exact) mass is 509 g/mol. The molecule has 0 saturated heterocycles. The van der Waals surface area contributed by atoms with E-state index in [9.17, 15) is 26.8 Å². The van der Waals surface area contributed by atoms with Crippen molar-refractivity contribution in [3.8, 4) is 0 Å². The molecule has 1 aliphatic heterocycles. The van der Waals surface area contributed by atoms with Crippen LogP contribution in [0.4, 0.5) is 14.5 Å². The van der Waals surface area contributed by atoms with Gasteiger partial charge in [-0.2, -0.15) is 5.10 Å². The van der Waals surface area contributed by atoms with Crippen LogP contribution in [-0.4, -0.2) is 30.4 Å². The second-order valence-electron chi connectivity index (χ2n) is 7.82. The highest BCUT2D eigenvalue weighted by atomic mass is 35.5. The number of amides is 2. The van der Waals surface area contributed by atoms with Crippen LogP contribution in [0.5, 0.6) is 0 Å². The zero-order chi connectivity index (χ0) is 24.8. The Morgan fingerprint density at radius 3 is 2.71 bits per heavy atom. The average Bonchev–Trinajstić information content (AvgIpc) is 3.16. The molecule has 4 rings (SSSR count). The lowest BCUT2D eigenvalue weighted by molar-refractivity contribution is -0.121. The zero-order valence-corrected chi connectivity index (χ0v) is 19.2. The van der Waals surface area contributed by atoms with Crippen LogP contribution in [-0.2, 0) is 19.6 Å². The Balaban J connectivity index is 1.68. The van der Waals surface area contributed by atoms with Gasteiger partial charge in [-0.15, -0.1) is 0 Å². The number of hydrogen-bond donors (Lipinski definition) is 4. The Morgan fingerprint density at radius 1 is 1.26 bits per heavy atom. The Kier molecular flexibility index (Phi) is 6.14. The number of aromatic amines is 1. The molecule has 1 atom stereocenters. The largest absolute Gasteiger partial charge is 0.330 e. The molecule has 5 N–H and O–H groups in total. The van der Waals surface area contributed by atoms with Gasteiger partial charge < -0.3 is 10.6 Å². The number of anilines is 1. The van der Waals surface area contributed by atoms with Crippen molar-refractivity contribution in [3.05, 3.63) is 64.0 Å². The van der Waals surface area contributed by atoms with Crippen molar-refractivity contribution in [2.45, 2.75) is 30.6 Å². The van der Waals surface area contributed by atoms with E-state index in [-0.39, 0.29) is 24.1 Å². The summed E-state index contributed by atoms with van der Waals surface area (Å²) in [5.74, 6) is -3.60. The third-order valence-electron chi connectivity index (χ3n) is 5.50. The van der Waals surface area contributed by atoms with E-state index >= 15 is 0 Å². The third-order valence-corrected chi connectivity index (χ3v) is 6.88. The molecule has 0 saturated carbocycles. The van der Waals surface area contributed by atoms with E-state index in [4.69, 9.17) is 16.7 Å². The van der Waals surface area contributed by atoms with Crippen LogP contribution in [0.15, 0.2) is 46.6 Å². The van der Waals surface area contributed by atoms with Gasteiger partial charge in [0, 0.05) is 29.5 Å². The number of carbonyl (C=O) groups excluding carboxylic acids is 2. The van der Waals surface area contributed by atoms with Gasteiger partial charge >= 0.3 is 0 Å². The first-order valence-electron chi connectivity index (χ1n) is 9.87. The first-order chi connectivity index (χ1) is 15.9. The second kappa shape index (κ2) is 8.78. The fourth-order valence-electron chi connectivity index (χ4n) is 3.92. The minimum atomic E-state index is -4.28. The highest BCUT2D eigenvalue weighted by Crippen LogP contribution is 2.38. The van der Waals surface area contributed by atoms with Crippen molar-refractivity contribution in [1.29, 1.82) is 0 Å². The highest BCUT2D eigenvalue weighted by molar-refractivity contribution is 7.89. The quantitative estimate of drug-likeness (QED) is 0.417. The third kappa shape index (κ3) is 4.65. The van der Waals surface area contributed by atoms with E-state index in [2.05, 4.69) is 20.8 Å². The Bertz CT molecular complexity index is 1490. The molecule has 0 aliphatic carbocycles. The van der Waals surface area contributed by atoms with Crippen LogP contribution in [0.2, 0.25) is 5.02 Å². The van der Waals surface area contributed by atoms with E-state index in [1.54, 1.807) is 0 Å². The zero-order valence-electron chi connectivity index (χ0n) is 17.6. The molecule has 0 bridgehead atoms. The van der Waals surface area contributed by atoms with Gasteiger partial charge in [0.1, 0.15) is 16.5 Å². The number of sulfonamides is 1. The van der Waals surface area contributed by atoms with Gasteiger partial charge in [0.2, 0.25) is 21.8 Å². The van der Waals surface area contributed by atoms with Crippen LogP contribution in [0.1, 0.15) is 31.2 Å². The van der Waals surface area contributed by atoms with Gasteiger partial charge in [0.05, 0.1) is 28.8 Å². The number of aromatic nitrogens is 2. The number of hydrogen-bond acceptors (Lipinski definition) is 5. The lowest BCUT2D eigenvalue weighted by atomic mass is 9.82. The normalized spacial score (nSPS) is 16.6. The summed E-state index contributed by atoms with van der Waals surface area (Å²) in [6.07, 6.45) is 0.889. The summed E-state index contributed by atoms with van der Waals surface area (Å²) in [6.45, 7) is 1.53. The van der Waals surface area contributed by atoms with Gasteiger partial charge in [0.15, 0.2) is 0 Å². The summed E-state index contributed by atoms with van der Waals surface area (Å²) >= 11 is 5.84. The van der Waals surface area contributed by atoms with Crippen LogP contribution < -0.4 is 15.8 Å². The Morgan fingerprint density at radius 2 is 2.00 bits per heavy atom. The van der Waals surface area contributed by atoms with Crippen molar-refractivity contribution in [2.24, 2.45) is 5.14 Å². The molecule has 34 heavy (non-hydrogen) atoms. The van der Waals surface area contributed by atoms with Gasteiger partial charge in [-0.05, 0) is 36.3 Å². The van der Waals surface area contributed by atoms with Crippen LogP contribution in [0.3, 0.4) is 0 Å². The highest BCUT2D eigenvalue weighted by Gasteiger charge is 2.32. The molecule has 0 radical (unpaired) electrons. The molecule has 178 valence electrons. The van der Waals surface area contributed by atoms with Gasteiger partial charge in [-0.25, -0.2) is 22.3 Å². The summed E-state index contributed by atoms with van der Waals surface area (Å²) in [7, 11) is -4.28. The fraction of sp³-hybridized carbons (Fsp3) is 0.190. The molecule has 1 aliphatic rings.